The molecule has 1 aromatic carbocycles. The zero-order chi connectivity index (χ0) is 16.4. The van der Waals surface area contributed by atoms with E-state index in [2.05, 4.69) is 5.32 Å². The second kappa shape index (κ2) is 6.01. The fourth-order valence-corrected chi connectivity index (χ4v) is 1.48. The van der Waals surface area contributed by atoms with Crippen molar-refractivity contribution in [3.8, 4) is 0 Å². The Morgan fingerprint density at radius 1 is 1.24 bits per heavy atom. The van der Waals surface area contributed by atoms with Crippen molar-refractivity contribution >= 4 is 5.91 Å². The second-order valence-electron chi connectivity index (χ2n) is 5.82. The molecule has 0 aliphatic rings. The normalized spacial score (nSPS) is 13.9. The summed E-state index contributed by atoms with van der Waals surface area (Å²) in [4.78, 5) is 11.8. The summed E-state index contributed by atoms with van der Waals surface area (Å²) in [6.07, 6.45) is -5.61. The summed E-state index contributed by atoms with van der Waals surface area (Å²) in [5.74, 6) is -2.02. The highest BCUT2D eigenvalue weighted by Crippen LogP contribution is 2.30. The lowest BCUT2D eigenvalue weighted by atomic mass is 9.89. The van der Waals surface area contributed by atoms with Crippen LogP contribution in [0.3, 0.4) is 0 Å². The Morgan fingerprint density at radius 3 is 2.29 bits per heavy atom. The van der Waals surface area contributed by atoms with E-state index in [1.165, 1.54) is 0 Å². The van der Waals surface area contributed by atoms with Crippen molar-refractivity contribution in [2.75, 3.05) is 6.54 Å². The van der Waals surface area contributed by atoms with Crippen LogP contribution >= 0.6 is 0 Å². The monoisotopic (exact) mass is 307 g/mol. The van der Waals surface area contributed by atoms with Gasteiger partial charge in [-0.15, -0.1) is 0 Å². The molecule has 118 valence electrons. The molecule has 0 aromatic heterocycles. The predicted octanol–water partition coefficient (Wildman–Crippen LogP) is 2.98. The van der Waals surface area contributed by atoms with Crippen molar-refractivity contribution in [2.24, 2.45) is 5.41 Å². The molecule has 21 heavy (non-hydrogen) atoms. The van der Waals surface area contributed by atoms with Crippen molar-refractivity contribution in [3.63, 3.8) is 0 Å². The molecule has 3 nitrogen and oxygen atoms in total. The third kappa shape index (κ3) is 5.00. The number of carbonyl (C=O) groups is 1. The van der Waals surface area contributed by atoms with Crippen LogP contribution in [-0.4, -0.2) is 23.7 Å². The van der Waals surface area contributed by atoms with Gasteiger partial charge in [0.2, 0.25) is 0 Å². The van der Waals surface area contributed by atoms with Gasteiger partial charge in [0.05, 0.1) is 11.7 Å². The van der Waals surface area contributed by atoms with Crippen LogP contribution in [0.25, 0.3) is 0 Å². The largest absolute Gasteiger partial charge is 0.416 e. The molecule has 1 aromatic rings. The quantitative estimate of drug-likeness (QED) is 0.844. The van der Waals surface area contributed by atoms with Crippen LogP contribution in [-0.2, 0) is 6.18 Å². The van der Waals surface area contributed by atoms with Crippen molar-refractivity contribution in [1.29, 1.82) is 0 Å². The van der Waals surface area contributed by atoms with E-state index < -0.39 is 40.5 Å². The van der Waals surface area contributed by atoms with Crippen LogP contribution in [0.4, 0.5) is 17.6 Å². The third-order valence-electron chi connectivity index (χ3n) is 2.94. The standard InChI is InChI=1S/C14H17F4NO2/c1-13(2,3)11(20)7-19-12(21)8-4-9(14(16,17)18)6-10(15)5-8/h4-6,11,20H,7H2,1-3H3,(H,19,21). The van der Waals surface area contributed by atoms with Gasteiger partial charge in [0, 0.05) is 12.1 Å². The van der Waals surface area contributed by atoms with Crippen molar-refractivity contribution < 1.29 is 27.5 Å². The zero-order valence-electron chi connectivity index (χ0n) is 11.9. The molecule has 0 saturated heterocycles. The minimum atomic E-state index is -4.73. The maximum Gasteiger partial charge on any atom is 0.416 e. The molecule has 1 atom stereocenters. The highest BCUT2D eigenvalue weighted by Gasteiger charge is 2.32. The molecule has 0 heterocycles. The molecule has 0 fully saturated rings. The number of aliphatic hydroxyl groups excluding tert-OH is 1. The van der Waals surface area contributed by atoms with Gasteiger partial charge in [0.1, 0.15) is 5.82 Å². The number of rotatable bonds is 3. The van der Waals surface area contributed by atoms with Crippen molar-refractivity contribution in [3.05, 3.63) is 35.1 Å². The number of nitrogens with one attached hydrogen (secondary N) is 1. The Bertz CT molecular complexity index is 521. The average Bonchev–Trinajstić information content (AvgIpc) is 2.32. The van der Waals surface area contributed by atoms with E-state index in [0.717, 1.165) is 0 Å². The molecule has 0 radical (unpaired) electrons. The third-order valence-corrected chi connectivity index (χ3v) is 2.94. The topological polar surface area (TPSA) is 49.3 Å². The molecule has 7 heteroatoms. The predicted molar refractivity (Wildman–Crippen MR) is 69.2 cm³/mol. The van der Waals surface area contributed by atoms with Crippen LogP contribution < -0.4 is 5.32 Å². The van der Waals surface area contributed by atoms with E-state index in [9.17, 15) is 27.5 Å². The molecule has 0 spiro atoms. The Kier molecular flexibility index (Phi) is 4.99. The van der Waals surface area contributed by atoms with Gasteiger partial charge < -0.3 is 10.4 Å². The van der Waals surface area contributed by atoms with Crippen molar-refractivity contribution in [2.45, 2.75) is 33.1 Å². The summed E-state index contributed by atoms with van der Waals surface area (Å²) >= 11 is 0. The summed E-state index contributed by atoms with van der Waals surface area (Å²) in [5, 5.41) is 12.0. The van der Waals surface area contributed by atoms with Crippen molar-refractivity contribution in [1.82, 2.24) is 5.32 Å². The fourth-order valence-electron chi connectivity index (χ4n) is 1.48. The van der Waals surface area contributed by atoms with Crippen LogP contribution in [0.1, 0.15) is 36.7 Å². The maximum absolute atomic E-state index is 13.2. The number of amides is 1. The number of alkyl halides is 3. The highest BCUT2D eigenvalue weighted by atomic mass is 19.4. The SMILES string of the molecule is CC(C)(C)C(O)CNC(=O)c1cc(F)cc(C(F)(F)F)c1. The molecular formula is C14H17F4NO2. The first-order valence-corrected chi connectivity index (χ1v) is 6.25. The summed E-state index contributed by atoms with van der Waals surface area (Å²) < 4.78 is 50.8. The van der Waals surface area contributed by atoms with Crippen LogP contribution in [0.15, 0.2) is 18.2 Å². The van der Waals surface area contributed by atoms with Gasteiger partial charge in [-0.3, -0.25) is 4.79 Å². The van der Waals surface area contributed by atoms with E-state index >= 15 is 0 Å². The zero-order valence-corrected chi connectivity index (χ0v) is 11.9. The first-order chi connectivity index (χ1) is 9.41. The van der Waals surface area contributed by atoms with Gasteiger partial charge in [-0.05, 0) is 23.6 Å². The van der Waals surface area contributed by atoms with Gasteiger partial charge in [-0.25, -0.2) is 4.39 Å². The van der Waals surface area contributed by atoms with Crippen LogP contribution in [0.5, 0.6) is 0 Å². The average molecular weight is 307 g/mol. The number of carbonyl (C=O) groups excluding carboxylic acids is 1. The first kappa shape index (κ1) is 17.4. The molecule has 0 saturated carbocycles. The van der Waals surface area contributed by atoms with Gasteiger partial charge in [-0.2, -0.15) is 13.2 Å². The summed E-state index contributed by atoms with van der Waals surface area (Å²) in [7, 11) is 0. The van der Waals surface area contributed by atoms with E-state index in [4.69, 9.17) is 0 Å². The molecular weight excluding hydrogens is 290 g/mol. The Labute approximate surface area is 120 Å². The number of benzene rings is 1. The van der Waals surface area contributed by atoms with E-state index in [-0.39, 0.29) is 6.54 Å². The minimum Gasteiger partial charge on any atom is -0.391 e. The molecule has 2 N–H and O–H groups in total. The summed E-state index contributed by atoms with van der Waals surface area (Å²) in [6, 6.07) is 1.61. The van der Waals surface area contributed by atoms with Gasteiger partial charge in [0.25, 0.3) is 5.91 Å². The lowest BCUT2D eigenvalue weighted by Gasteiger charge is -2.25. The van der Waals surface area contributed by atoms with Gasteiger partial charge in [0.15, 0.2) is 0 Å². The summed E-state index contributed by atoms with van der Waals surface area (Å²) in [6.45, 7) is 5.09. The Balaban J connectivity index is 2.86. The number of hydrogen-bond acceptors (Lipinski definition) is 2. The number of aliphatic hydroxyl groups is 1. The molecule has 1 unspecified atom stereocenters. The Morgan fingerprint density at radius 2 is 1.81 bits per heavy atom. The van der Waals surface area contributed by atoms with Crippen LogP contribution in [0.2, 0.25) is 0 Å². The van der Waals surface area contributed by atoms with E-state index in [0.29, 0.717) is 18.2 Å². The first-order valence-electron chi connectivity index (χ1n) is 6.25. The lowest BCUT2D eigenvalue weighted by molar-refractivity contribution is -0.137. The molecule has 0 bridgehead atoms. The smallest absolute Gasteiger partial charge is 0.391 e. The highest BCUT2D eigenvalue weighted by molar-refractivity contribution is 5.94. The summed E-state index contributed by atoms with van der Waals surface area (Å²) in [5.41, 5.74) is -2.17. The maximum atomic E-state index is 13.2. The second-order valence-corrected chi connectivity index (χ2v) is 5.82. The molecule has 1 rings (SSSR count). The van der Waals surface area contributed by atoms with Gasteiger partial charge in [-0.1, -0.05) is 20.8 Å². The minimum absolute atomic E-state index is 0.139. The number of halogens is 4. The molecule has 1 amide bonds. The van der Waals surface area contributed by atoms with E-state index in [1.807, 2.05) is 0 Å². The van der Waals surface area contributed by atoms with E-state index in [1.54, 1.807) is 20.8 Å². The molecule has 0 aliphatic carbocycles. The lowest BCUT2D eigenvalue weighted by Crippen LogP contribution is -2.39. The fraction of sp³-hybridized carbons (Fsp3) is 0.500. The van der Waals surface area contributed by atoms with Crippen LogP contribution in [0, 0.1) is 11.2 Å². The molecule has 0 aliphatic heterocycles. The number of hydrogen-bond donors (Lipinski definition) is 2. The van der Waals surface area contributed by atoms with Gasteiger partial charge >= 0.3 is 6.18 Å². The Hall–Kier alpha value is -1.63.